The van der Waals surface area contributed by atoms with Crippen molar-refractivity contribution in [2.45, 2.75) is 51.7 Å². The van der Waals surface area contributed by atoms with Crippen molar-refractivity contribution in [2.24, 2.45) is 0 Å². The van der Waals surface area contributed by atoms with Crippen molar-refractivity contribution in [3.8, 4) is 11.5 Å². The van der Waals surface area contributed by atoms with E-state index in [1.165, 1.54) is 4.31 Å². The van der Waals surface area contributed by atoms with Crippen molar-refractivity contribution in [1.29, 1.82) is 0 Å². The molecule has 10 heteroatoms. The van der Waals surface area contributed by atoms with Crippen LogP contribution in [0.2, 0.25) is 0 Å². The number of carbonyl (C=O) groups is 2. The molecule has 9 nitrogen and oxygen atoms in total. The van der Waals surface area contributed by atoms with Gasteiger partial charge in [-0.2, -0.15) is 0 Å². The summed E-state index contributed by atoms with van der Waals surface area (Å²) < 4.78 is 37.1. The van der Waals surface area contributed by atoms with Crippen molar-refractivity contribution in [2.75, 3.05) is 31.3 Å². The van der Waals surface area contributed by atoms with E-state index < -0.39 is 16.1 Å². The van der Waals surface area contributed by atoms with E-state index in [2.05, 4.69) is 5.32 Å². The molecule has 0 aliphatic heterocycles. The molecule has 0 aromatic heterocycles. The summed E-state index contributed by atoms with van der Waals surface area (Å²) in [7, 11) is -0.490. The van der Waals surface area contributed by atoms with E-state index in [4.69, 9.17) is 9.47 Å². The third-order valence-electron chi connectivity index (χ3n) is 6.70. The number of hydrogen-bond donors (Lipinski definition) is 1. The number of hydrogen-bond acceptors (Lipinski definition) is 6. The van der Waals surface area contributed by atoms with E-state index in [9.17, 15) is 18.0 Å². The molecule has 1 atom stereocenters. The van der Waals surface area contributed by atoms with Gasteiger partial charge in [-0.15, -0.1) is 0 Å². The molecule has 3 aromatic carbocycles. The zero-order valence-corrected chi connectivity index (χ0v) is 25.8. The van der Waals surface area contributed by atoms with E-state index >= 15 is 0 Å². The standard InChI is InChI=1S/C32H41N3O6S/c1-24(2)33-32(37)30(22-25-11-7-6-8-12-25)34(23-26-13-9-14-29(21-26)41-4)31(36)15-10-20-35(42(5,38)39)27-16-18-28(40-3)19-17-27/h6-9,11-14,16-19,21,24,30H,10,15,20,22-23H2,1-5H3,(H,33,37)/t30-/m0/s1. The highest BCUT2D eigenvalue weighted by molar-refractivity contribution is 7.92. The third kappa shape index (κ3) is 9.51. The number of sulfonamides is 1. The van der Waals surface area contributed by atoms with Crippen molar-refractivity contribution in [3.05, 3.63) is 90.0 Å². The number of nitrogens with zero attached hydrogens (tertiary/aromatic N) is 2. The first-order valence-electron chi connectivity index (χ1n) is 13.9. The van der Waals surface area contributed by atoms with Gasteiger partial charge in [0.2, 0.25) is 21.8 Å². The largest absolute Gasteiger partial charge is 0.497 e. The monoisotopic (exact) mass is 595 g/mol. The average molecular weight is 596 g/mol. The molecular formula is C32H41N3O6S. The molecule has 2 amide bonds. The van der Waals surface area contributed by atoms with Crippen molar-refractivity contribution < 1.29 is 27.5 Å². The molecule has 0 radical (unpaired) electrons. The second-order valence-corrected chi connectivity index (χ2v) is 12.3. The Balaban J connectivity index is 1.89. The fraction of sp³-hybridized carbons (Fsp3) is 0.375. The average Bonchev–Trinajstić information content (AvgIpc) is 2.96. The van der Waals surface area contributed by atoms with E-state index in [1.54, 1.807) is 43.4 Å². The normalized spacial score (nSPS) is 12.0. The van der Waals surface area contributed by atoms with E-state index in [-0.39, 0.29) is 43.8 Å². The molecule has 0 unspecified atom stereocenters. The van der Waals surface area contributed by atoms with E-state index in [1.807, 2.05) is 68.4 Å². The quantitative estimate of drug-likeness (QED) is 0.279. The van der Waals surface area contributed by atoms with Crippen LogP contribution >= 0.6 is 0 Å². The van der Waals surface area contributed by atoms with Gasteiger partial charge >= 0.3 is 0 Å². The molecule has 42 heavy (non-hydrogen) atoms. The van der Waals surface area contributed by atoms with E-state index in [0.717, 1.165) is 17.4 Å². The smallest absolute Gasteiger partial charge is 0.243 e. The highest BCUT2D eigenvalue weighted by Crippen LogP contribution is 2.23. The topological polar surface area (TPSA) is 105 Å². The Hall–Kier alpha value is -4.05. The SMILES string of the molecule is COc1ccc(N(CCCC(=O)N(Cc2cccc(OC)c2)[C@@H](Cc2ccccc2)C(=O)NC(C)C)S(C)(=O)=O)cc1. The second-order valence-electron chi connectivity index (χ2n) is 10.4. The van der Waals surface area contributed by atoms with Gasteiger partial charge in [-0.25, -0.2) is 8.42 Å². The summed E-state index contributed by atoms with van der Waals surface area (Å²) in [5.74, 6) is 0.760. The molecule has 1 N–H and O–H groups in total. The zero-order chi connectivity index (χ0) is 30.7. The van der Waals surface area contributed by atoms with Crippen molar-refractivity contribution in [3.63, 3.8) is 0 Å². The fourth-order valence-electron chi connectivity index (χ4n) is 4.65. The molecule has 0 bridgehead atoms. The lowest BCUT2D eigenvalue weighted by atomic mass is 10.0. The lowest BCUT2D eigenvalue weighted by Gasteiger charge is -2.32. The molecule has 0 heterocycles. The van der Waals surface area contributed by atoms with Crippen LogP contribution in [-0.4, -0.2) is 64.2 Å². The Kier molecular flexibility index (Phi) is 11.8. The van der Waals surface area contributed by atoms with Crippen LogP contribution in [0.15, 0.2) is 78.9 Å². The lowest BCUT2D eigenvalue weighted by Crippen LogP contribution is -2.51. The molecule has 3 aromatic rings. The van der Waals surface area contributed by atoms with Gasteiger partial charge in [0, 0.05) is 32.0 Å². The highest BCUT2D eigenvalue weighted by atomic mass is 32.2. The predicted octanol–water partition coefficient (Wildman–Crippen LogP) is 4.41. The van der Waals surface area contributed by atoms with Crippen molar-refractivity contribution in [1.82, 2.24) is 10.2 Å². The summed E-state index contributed by atoms with van der Waals surface area (Å²) in [6, 6.07) is 22.8. The van der Waals surface area contributed by atoms with Gasteiger partial charge in [0.1, 0.15) is 17.5 Å². The van der Waals surface area contributed by atoms with Crippen LogP contribution in [0.5, 0.6) is 11.5 Å². The van der Waals surface area contributed by atoms with Crippen molar-refractivity contribution >= 4 is 27.5 Å². The fourth-order valence-corrected chi connectivity index (χ4v) is 5.62. The summed E-state index contributed by atoms with van der Waals surface area (Å²) >= 11 is 0. The number of benzene rings is 3. The first-order valence-corrected chi connectivity index (χ1v) is 15.7. The number of rotatable bonds is 15. The Labute approximate surface area is 249 Å². The van der Waals surface area contributed by atoms with Crippen LogP contribution in [0, 0.1) is 0 Å². The number of amides is 2. The highest BCUT2D eigenvalue weighted by Gasteiger charge is 2.31. The van der Waals surface area contributed by atoms with Crippen LogP contribution in [0.4, 0.5) is 5.69 Å². The molecule has 0 aliphatic rings. The Morgan fingerprint density at radius 1 is 0.857 bits per heavy atom. The minimum atomic E-state index is -3.61. The van der Waals surface area contributed by atoms with Crippen LogP contribution in [0.25, 0.3) is 0 Å². The molecule has 226 valence electrons. The summed E-state index contributed by atoms with van der Waals surface area (Å²) in [6.07, 6.45) is 1.78. The molecular weight excluding hydrogens is 554 g/mol. The van der Waals surface area contributed by atoms with Gasteiger partial charge in [0.15, 0.2) is 0 Å². The second kappa shape index (κ2) is 15.3. The molecule has 0 spiro atoms. The minimum absolute atomic E-state index is 0.0480. The number of nitrogens with one attached hydrogen (secondary N) is 1. The third-order valence-corrected chi connectivity index (χ3v) is 7.90. The van der Waals surface area contributed by atoms with Crippen LogP contribution < -0.4 is 19.1 Å². The number of carbonyl (C=O) groups excluding carboxylic acids is 2. The first kappa shape index (κ1) is 32.5. The zero-order valence-electron chi connectivity index (χ0n) is 24.9. The van der Waals surface area contributed by atoms with Gasteiger partial charge in [0.25, 0.3) is 0 Å². The molecule has 0 fully saturated rings. The molecule has 0 saturated heterocycles. The van der Waals surface area contributed by atoms with Gasteiger partial charge in [-0.3, -0.25) is 13.9 Å². The van der Waals surface area contributed by atoms with Gasteiger partial charge in [-0.05, 0) is 67.8 Å². The van der Waals surface area contributed by atoms with Crippen LogP contribution in [0.1, 0.15) is 37.8 Å². The lowest BCUT2D eigenvalue weighted by molar-refractivity contribution is -0.141. The van der Waals surface area contributed by atoms with E-state index in [0.29, 0.717) is 23.6 Å². The number of ether oxygens (including phenoxy) is 2. The van der Waals surface area contributed by atoms with Gasteiger partial charge in [0.05, 0.1) is 26.2 Å². The van der Waals surface area contributed by atoms with Crippen LogP contribution in [0.3, 0.4) is 0 Å². The summed E-state index contributed by atoms with van der Waals surface area (Å²) in [5.41, 5.74) is 2.22. The molecule has 0 aliphatic carbocycles. The summed E-state index contributed by atoms with van der Waals surface area (Å²) in [6.45, 7) is 4.05. The predicted molar refractivity (Wildman–Crippen MR) is 165 cm³/mol. The van der Waals surface area contributed by atoms with Crippen LogP contribution in [-0.2, 0) is 32.6 Å². The number of methoxy groups -OCH3 is 2. The van der Waals surface area contributed by atoms with Gasteiger partial charge in [-0.1, -0.05) is 42.5 Å². The Morgan fingerprint density at radius 3 is 2.10 bits per heavy atom. The maximum Gasteiger partial charge on any atom is 0.243 e. The maximum atomic E-state index is 13.9. The van der Waals surface area contributed by atoms with Gasteiger partial charge < -0.3 is 19.7 Å². The number of anilines is 1. The Morgan fingerprint density at radius 2 is 1.50 bits per heavy atom. The molecule has 3 rings (SSSR count). The maximum absolute atomic E-state index is 13.9. The first-order chi connectivity index (χ1) is 20.0. The summed E-state index contributed by atoms with van der Waals surface area (Å²) in [4.78, 5) is 29.0. The summed E-state index contributed by atoms with van der Waals surface area (Å²) in [5, 5.41) is 2.98. The molecule has 0 saturated carbocycles. The minimum Gasteiger partial charge on any atom is -0.497 e. The Bertz CT molecular complexity index is 1410.